The van der Waals surface area contributed by atoms with Crippen LogP contribution in [-0.4, -0.2) is 71.9 Å². The number of aromatic nitrogens is 6. The van der Waals surface area contributed by atoms with E-state index in [1.165, 1.54) is 24.2 Å². The fourth-order valence-corrected chi connectivity index (χ4v) is 5.86. The molecule has 2 amide bonds. The topological polar surface area (TPSA) is 132 Å². The number of para-hydroxylation sites is 1. The number of anilines is 1. The van der Waals surface area contributed by atoms with E-state index < -0.39 is 12.1 Å². The number of halogens is 1. The Hall–Kier alpha value is -4.52. The van der Waals surface area contributed by atoms with Crippen LogP contribution in [0.15, 0.2) is 65.4 Å². The van der Waals surface area contributed by atoms with Crippen LogP contribution in [-0.2, 0) is 22.7 Å². The Balaban J connectivity index is 1.18. The molecule has 2 aliphatic rings. The number of carbonyl (C=O) groups excluding carboxylic acids is 2. The minimum absolute atomic E-state index is 0.0894. The first-order valence-corrected chi connectivity index (χ1v) is 15.2. The average molecular weight is 645 g/mol. The van der Waals surface area contributed by atoms with Gasteiger partial charge >= 0.3 is 6.09 Å². The zero-order valence-electron chi connectivity index (χ0n) is 23.3. The van der Waals surface area contributed by atoms with E-state index in [1.807, 2.05) is 59.4 Å². The summed E-state index contributed by atoms with van der Waals surface area (Å²) in [7, 11) is 0. The SMILES string of the molecule is O=C1NCCN(C(=O)OCc2ccccc2)C[C@H]1Nc1nc2c(Br)cccc2c2nc(-c3cnn(CC4CCC4)c3)nn12. The lowest BCUT2D eigenvalue weighted by atomic mass is 9.85. The number of nitrogens with one attached hydrogen (secondary N) is 2. The largest absolute Gasteiger partial charge is 0.445 e. The van der Waals surface area contributed by atoms with Crippen molar-refractivity contribution in [2.45, 2.75) is 38.5 Å². The van der Waals surface area contributed by atoms with E-state index in [2.05, 4.69) is 31.7 Å². The van der Waals surface area contributed by atoms with Gasteiger partial charge in [-0.3, -0.25) is 9.48 Å². The number of rotatable bonds is 7. The molecule has 1 saturated heterocycles. The first kappa shape index (κ1) is 27.3. The molecule has 5 aromatic rings. The summed E-state index contributed by atoms with van der Waals surface area (Å²) in [5.41, 5.74) is 2.95. The van der Waals surface area contributed by atoms with Crippen molar-refractivity contribution in [1.82, 2.24) is 39.6 Å². The van der Waals surface area contributed by atoms with Crippen molar-refractivity contribution in [2.24, 2.45) is 5.92 Å². The fourth-order valence-electron chi connectivity index (χ4n) is 5.41. The molecule has 2 fully saturated rings. The van der Waals surface area contributed by atoms with E-state index in [4.69, 9.17) is 19.8 Å². The van der Waals surface area contributed by atoms with Crippen LogP contribution >= 0.6 is 15.9 Å². The molecule has 1 aliphatic carbocycles. The van der Waals surface area contributed by atoms with Gasteiger partial charge in [0.2, 0.25) is 11.9 Å². The Labute approximate surface area is 255 Å². The quantitative estimate of drug-likeness (QED) is 0.269. The minimum atomic E-state index is -0.805. The Morgan fingerprint density at radius 3 is 2.79 bits per heavy atom. The predicted molar refractivity (Wildman–Crippen MR) is 163 cm³/mol. The smallest absolute Gasteiger partial charge is 0.410 e. The molecule has 1 aliphatic heterocycles. The molecule has 4 heterocycles. The second-order valence-corrected chi connectivity index (χ2v) is 11.8. The molecule has 0 spiro atoms. The lowest BCUT2D eigenvalue weighted by Crippen LogP contribution is -2.44. The van der Waals surface area contributed by atoms with E-state index in [0.717, 1.165) is 27.5 Å². The van der Waals surface area contributed by atoms with Crippen molar-refractivity contribution in [1.29, 1.82) is 0 Å². The van der Waals surface area contributed by atoms with Crippen molar-refractivity contribution in [2.75, 3.05) is 25.0 Å². The van der Waals surface area contributed by atoms with Gasteiger partial charge in [0.05, 0.1) is 23.8 Å². The predicted octanol–water partition coefficient (Wildman–Crippen LogP) is 4.25. The number of benzene rings is 2. The maximum Gasteiger partial charge on any atom is 0.410 e. The third-order valence-corrected chi connectivity index (χ3v) is 8.62. The van der Waals surface area contributed by atoms with Gasteiger partial charge in [-0.15, -0.1) is 5.10 Å². The van der Waals surface area contributed by atoms with Gasteiger partial charge in [0.25, 0.3) is 0 Å². The highest BCUT2D eigenvalue weighted by atomic mass is 79.9. The molecule has 1 atom stereocenters. The van der Waals surface area contributed by atoms with E-state index in [0.29, 0.717) is 41.9 Å². The molecule has 13 heteroatoms. The molecule has 0 bridgehead atoms. The number of ether oxygens (including phenoxy) is 1. The number of hydrogen-bond acceptors (Lipinski definition) is 8. The standard InChI is InChI=1S/C30H30BrN9O3/c31-23-11-5-10-22-25(23)35-29(40-27(22)36-26(37-40)21-14-33-39(16-21)15-19-8-4-9-19)34-24-17-38(13-12-32-28(24)41)30(42)43-18-20-6-2-1-3-7-20/h1-3,5-7,10-11,14,16,19,24H,4,8-9,12-13,15,17-18H2,(H,32,41)(H,34,35)/t24-/m1/s1. The summed E-state index contributed by atoms with van der Waals surface area (Å²) in [4.78, 5) is 37.4. The maximum absolute atomic E-state index is 13.1. The summed E-state index contributed by atoms with van der Waals surface area (Å²) >= 11 is 3.61. The van der Waals surface area contributed by atoms with E-state index >= 15 is 0 Å². The Bertz CT molecular complexity index is 1800. The Morgan fingerprint density at radius 2 is 1.98 bits per heavy atom. The van der Waals surface area contributed by atoms with E-state index in [-0.39, 0.29) is 19.1 Å². The molecule has 2 N–H and O–H groups in total. The van der Waals surface area contributed by atoms with Crippen molar-refractivity contribution < 1.29 is 14.3 Å². The molecular formula is C30H30BrN9O3. The van der Waals surface area contributed by atoms with E-state index in [1.54, 1.807) is 10.7 Å². The molecule has 43 heavy (non-hydrogen) atoms. The summed E-state index contributed by atoms with van der Waals surface area (Å²) in [6.45, 7) is 1.75. The van der Waals surface area contributed by atoms with Crippen molar-refractivity contribution in [3.63, 3.8) is 0 Å². The monoisotopic (exact) mass is 643 g/mol. The van der Waals surface area contributed by atoms with Crippen LogP contribution in [0.3, 0.4) is 0 Å². The Kier molecular flexibility index (Phi) is 7.39. The van der Waals surface area contributed by atoms with Crippen molar-refractivity contribution in [3.8, 4) is 11.4 Å². The first-order valence-electron chi connectivity index (χ1n) is 14.4. The van der Waals surface area contributed by atoms with E-state index in [9.17, 15) is 9.59 Å². The van der Waals surface area contributed by atoms with Crippen molar-refractivity contribution >= 4 is 50.4 Å². The first-order chi connectivity index (χ1) is 21.0. The van der Waals surface area contributed by atoms with Crippen LogP contribution in [0.1, 0.15) is 24.8 Å². The minimum Gasteiger partial charge on any atom is -0.445 e. The molecule has 220 valence electrons. The van der Waals surface area contributed by atoms with Gasteiger partial charge in [-0.05, 0) is 52.4 Å². The average Bonchev–Trinajstić information content (AvgIpc) is 3.61. The number of fused-ring (bicyclic) bond motifs is 3. The third-order valence-electron chi connectivity index (χ3n) is 7.98. The van der Waals surface area contributed by atoms with Gasteiger partial charge < -0.3 is 20.3 Å². The summed E-state index contributed by atoms with van der Waals surface area (Å²) in [6, 6.07) is 14.4. The number of nitrogens with zero attached hydrogens (tertiary/aromatic N) is 7. The molecule has 2 aromatic carbocycles. The second kappa shape index (κ2) is 11.6. The second-order valence-electron chi connectivity index (χ2n) is 11.0. The fraction of sp³-hybridized carbons (Fsp3) is 0.333. The van der Waals surface area contributed by atoms with Crippen molar-refractivity contribution in [3.05, 3.63) is 71.0 Å². The van der Waals surface area contributed by atoms with Gasteiger partial charge in [-0.1, -0.05) is 42.8 Å². The summed E-state index contributed by atoms with van der Waals surface area (Å²) in [5.74, 6) is 1.26. The summed E-state index contributed by atoms with van der Waals surface area (Å²) in [5, 5.41) is 16.3. The normalized spacial score (nSPS) is 17.5. The Morgan fingerprint density at radius 1 is 1.12 bits per heavy atom. The number of carbonyl (C=O) groups is 2. The third kappa shape index (κ3) is 5.64. The zero-order chi connectivity index (χ0) is 29.3. The maximum atomic E-state index is 13.1. The van der Waals surface area contributed by atoms with Gasteiger partial charge in [0.1, 0.15) is 12.6 Å². The lowest BCUT2D eigenvalue weighted by molar-refractivity contribution is -0.121. The molecule has 1 saturated carbocycles. The van der Waals surface area contributed by atoms with Crippen LogP contribution in [0, 0.1) is 5.92 Å². The van der Waals surface area contributed by atoms with Gasteiger partial charge in [-0.2, -0.15) is 9.61 Å². The summed E-state index contributed by atoms with van der Waals surface area (Å²) < 4.78 is 9.91. The highest BCUT2D eigenvalue weighted by Gasteiger charge is 2.30. The summed E-state index contributed by atoms with van der Waals surface area (Å²) in [6.07, 6.45) is 7.02. The van der Waals surface area contributed by atoms with Gasteiger partial charge in [0.15, 0.2) is 11.5 Å². The molecule has 3 aromatic heterocycles. The lowest BCUT2D eigenvalue weighted by Gasteiger charge is -2.24. The van der Waals surface area contributed by atoms with Crippen LogP contribution in [0.2, 0.25) is 0 Å². The van der Waals surface area contributed by atoms with Crippen LogP contribution in [0.5, 0.6) is 0 Å². The van der Waals surface area contributed by atoms with Crippen LogP contribution in [0.25, 0.3) is 27.9 Å². The van der Waals surface area contributed by atoms with Crippen LogP contribution in [0.4, 0.5) is 10.7 Å². The van der Waals surface area contributed by atoms with Gasteiger partial charge in [-0.25, -0.2) is 14.8 Å². The van der Waals surface area contributed by atoms with Crippen LogP contribution < -0.4 is 10.6 Å². The highest BCUT2D eigenvalue weighted by molar-refractivity contribution is 9.10. The molecule has 12 nitrogen and oxygen atoms in total. The number of hydrogen-bond donors (Lipinski definition) is 2. The van der Waals surface area contributed by atoms with Gasteiger partial charge in [0, 0.05) is 35.7 Å². The molecule has 0 radical (unpaired) electrons. The molecular weight excluding hydrogens is 614 g/mol. The molecule has 7 rings (SSSR count). The highest BCUT2D eigenvalue weighted by Crippen LogP contribution is 2.30. The number of amides is 2. The zero-order valence-corrected chi connectivity index (χ0v) is 24.9. The molecule has 0 unspecified atom stereocenters.